The van der Waals surface area contributed by atoms with E-state index >= 15 is 0 Å². The molecule has 2 amide bonds. The predicted molar refractivity (Wildman–Crippen MR) is 115 cm³/mol. The first kappa shape index (κ1) is 20.9. The lowest BCUT2D eigenvalue weighted by molar-refractivity contribution is -0.137. The molecule has 0 aliphatic carbocycles. The number of aryl methyl sites for hydroxylation is 2. The number of halogens is 3. The molecule has 0 atom stereocenters. The Bertz CT molecular complexity index is 1180. The molecule has 3 aromatic rings. The molecule has 1 aliphatic rings. The fourth-order valence-electron chi connectivity index (χ4n) is 3.52. The molecule has 8 heteroatoms. The van der Waals surface area contributed by atoms with Crippen molar-refractivity contribution >= 4 is 40.1 Å². The molecular weight excluding hydrogens is 425 g/mol. The summed E-state index contributed by atoms with van der Waals surface area (Å²) in [6, 6.07) is 13.1. The van der Waals surface area contributed by atoms with E-state index in [0.29, 0.717) is 10.6 Å². The van der Waals surface area contributed by atoms with Crippen LogP contribution in [0.2, 0.25) is 0 Å². The summed E-state index contributed by atoms with van der Waals surface area (Å²) in [5, 5.41) is 4.86. The van der Waals surface area contributed by atoms with Gasteiger partial charge in [0.05, 0.1) is 16.8 Å². The van der Waals surface area contributed by atoms with Crippen LogP contribution in [0, 0.1) is 13.8 Å². The molecule has 2 heterocycles. The first-order valence-electron chi connectivity index (χ1n) is 9.34. The second-order valence-electron chi connectivity index (χ2n) is 7.22. The van der Waals surface area contributed by atoms with Crippen molar-refractivity contribution in [3.8, 4) is 0 Å². The van der Waals surface area contributed by atoms with Gasteiger partial charge >= 0.3 is 6.18 Å². The van der Waals surface area contributed by atoms with Crippen LogP contribution in [0.1, 0.15) is 21.6 Å². The Morgan fingerprint density at radius 1 is 0.903 bits per heavy atom. The van der Waals surface area contributed by atoms with Crippen LogP contribution in [-0.2, 0) is 15.8 Å². The topological polar surface area (TPSA) is 49.4 Å². The zero-order valence-electron chi connectivity index (χ0n) is 16.6. The molecule has 0 bridgehead atoms. The van der Waals surface area contributed by atoms with Crippen LogP contribution in [0.5, 0.6) is 0 Å². The molecule has 0 radical (unpaired) electrons. The first-order valence-corrected chi connectivity index (χ1v) is 10.2. The molecule has 4 rings (SSSR count). The highest BCUT2D eigenvalue weighted by Crippen LogP contribution is 2.37. The Kier molecular flexibility index (Phi) is 5.18. The Labute approximate surface area is 180 Å². The number of amides is 2. The van der Waals surface area contributed by atoms with Crippen LogP contribution in [0.25, 0.3) is 5.57 Å². The zero-order chi connectivity index (χ0) is 22.3. The highest BCUT2D eigenvalue weighted by atomic mass is 32.1. The minimum atomic E-state index is -4.51. The smallest absolute Gasteiger partial charge is 0.350 e. The minimum Gasteiger partial charge on any atom is -0.350 e. The van der Waals surface area contributed by atoms with Gasteiger partial charge < -0.3 is 5.32 Å². The maximum atomic E-state index is 13.2. The van der Waals surface area contributed by atoms with Crippen molar-refractivity contribution in [1.29, 1.82) is 0 Å². The third-order valence-corrected chi connectivity index (χ3v) is 5.68. The highest BCUT2D eigenvalue weighted by Gasteiger charge is 2.41. The summed E-state index contributed by atoms with van der Waals surface area (Å²) in [5.41, 5.74) is 2.13. The standard InChI is InChI=1S/C23H17F3N2O2S/c1-13-10-14(2)12-16(11-13)27-20-19(18-4-3-9-31-18)21(29)28(22(20)30)17-7-5-15(6-8-17)23(24,25)26/h3-12,27H,1-2H3. The van der Waals surface area contributed by atoms with Gasteiger partial charge in [-0.2, -0.15) is 13.2 Å². The van der Waals surface area contributed by atoms with Crippen LogP contribution in [0.15, 0.2) is 65.7 Å². The summed E-state index contributed by atoms with van der Waals surface area (Å²) < 4.78 is 38.7. The summed E-state index contributed by atoms with van der Waals surface area (Å²) in [4.78, 5) is 28.0. The predicted octanol–water partition coefficient (Wildman–Crippen LogP) is 5.78. The van der Waals surface area contributed by atoms with Gasteiger partial charge in [-0.15, -0.1) is 11.3 Å². The van der Waals surface area contributed by atoms with Gasteiger partial charge in [-0.3, -0.25) is 9.59 Å². The maximum absolute atomic E-state index is 13.2. The molecule has 2 aromatic carbocycles. The van der Waals surface area contributed by atoms with E-state index in [1.165, 1.54) is 11.3 Å². The van der Waals surface area contributed by atoms with E-state index in [0.717, 1.165) is 40.3 Å². The molecule has 0 saturated heterocycles. The van der Waals surface area contributed by atoms with Crippen LogP contribution in [-0.4, -0.2) is 11.8 Å². The number of nitrogens with one attached hydrogen (secondary N) is 1. The number of nitrogens with zero attached hydrogens (tertiary/aromatic N) is 1. The largest absolute Gasteiger partial charge is 0.416 e. The highest BCUT2D eigenvalue weighted by molar-refractivity contribution is 7.11. The van der Waals surface area contributed by atoms with Gasteiger partial charge in [0.25, 0.3) is 11.8 Å². The van der Waals surface area contributed by atoms with E-state index in [4.69, 9.17) is 0 Å². The van der Waals surface area contributed by atoms with Crippen molar-refractivity contribution in [2.24, 2.45) is 0 Å². The van der Waals surface area contributed by atoms with E-state index in [1.807, 2.05) is 32.0 Å². The van der Waals surface area contributed by atoms with E-state index < -0.39 is 23.6 Å². The lowest BCUT2D eigenvalue weighted by atomic mass is 10.1. The summed E-state index contributed by atoms with van der Waals surface area (Å²) in [6.07, 6.45) is -4.51. The number of thiophene rings is 1. The molecule has 1 aliphatic heterocycles. The Morgan fingerprint density at radius 3 is 2.10 bits per heavy atom. The lowest BCUT2D eigenvalue weighted by Gasteiger charge is -2.16. The Balaban J connectivity index is 1.76. The Hall–Kier alpha value is -3.39. The molecule has 0 saturated carbocycles. The van der Waals surface area contributed by atoms with Gasteiger partial charge in [0.2, 0.25) is 0 Å². The molecular formula is C23H17F3N2O2S. The van der Waals surface area contributed by atoms with Gasteiger partial charge in [0.1, 0.15) is 5.70 Å². The average Bonchev–Trinajstić information content (AvgIpc) is 3.28. The molecule has 0 spiro atoms. The number of benzene rings is 2. The van der Waals surface area contributed by atoms with Crippen molar-refractivity contribution in [2.75, 3.05) is 10.2 Å². The van der Waals surface area contributed by atoms with Crippen LogP contribution < -0.4 is 10.2 Å². The Morgan fingerprint density at radius 2 is 1.55 bits per heavy atom. The van der Waals surface area contributed by atoms with Crippen molar-refractivity contribution in [2.45, 2.75) is 20.0 Å². The van der Waals surface area contributed by atoms with Gasteiger partial charge in [-0.05, 0) is 72.8 Å². The van der Waals surface area contributed by atoms with Gasteiger partial charge in [0.15, 0.2) is 0 Å². The first-order chi connectivity index (χ1) is 14.6. The summed E-state index contributed by atoms with van der Waals surface area (Å²) in [7, 11) is 0. The molecule has 0 unspecified atom stereocenters. The molecule has 4 nitrogen and oxygen atoms in total. The van der Waals surface area contributed by atoms with Gasteiger partial charge in [0, 0.05) is 10.6 Å². The number of alkyl halides is 3. The molecule has 31 heavy (non-hydrogen) atoms. The van der Waals surface area contributed by atoms with Crippen molar-refractivity contribution in [1.82, 2.24) is 0 Å². The number of imide groups is 1. The average molecular weight is 442 g/mol. The number of carbonyl (C=O) groups excluding carboxylic acids is 2. The monoisotopic (exact) mass is 442 g/mol. The van der Waals surface area contributed by atoms with Crippen LogP contribution >= 0.6 is 11.3 Å². The molecule has 158 valence electrons. The van der Waals surface area contributed by atoms with Crippen molar-refractivity contribution < 1.29 is 22.8 Å². The number of anilines is 2. The summed E-state index contributed by atoms with van der Waals surface area (Å²) in [5.74, 6) is -1.20. The summed E-state index contributed by atoms with van der Waals surface area (Å²) >= 11 is 1.30. The molecule has 1 aromatic heterocycles. The van der Waals surface area contributed by atoms with Gasteiger partial charge in [-0.1, -0.05) is 12.1 Å². The van der Waals surface area contributed by atoms with E-state index in [1.54, 1.807) is 17.5 Å². The second kappa shape index (κ2) is 7.70. The van der Waals surface area contributed by atoms with Crippen molar-refractivity contribution in [3.05, 3.63) is 87.2 Å². The van der Waals surface area contributed by atoms with E-state index in [2.05, 4.69) is 5.32 Å². The number of rotatable bonds is 4. The van der Waals surface area contributed by atoms with Crippen LogP contribution in [0.3, 0.4) is 0 Å². The zero-order valence-corrected chi connectivity index (χ0v) is 17.4. The van der Waals surface area contributed by atoms with Crippen LogP contribution in [0.4, 0.5) is 24.5 Å². The SMILES string of the molecule is Cc1cc(C)cc(NC2=C(c3cccs3)C(=O)N(c3ccc(C(F)(F)F)cc3)C2=O)c1. The molecule has 1 N–H and O–H groups in total. The normalized spacial score (nSPS) is 14.5. The number of hydrogen-bond donors (Lipinski definition) is 1. The van der Waals surface area contributed by atoms with E-state index in [9.17, 15) is 22.8 Å². The quantitative estimate of drug-likeness (QED) is 0.521. The third kappa shape index (κ3) is 3.98. The number of carbonyl (C=O) groups is 2. The van der Waals surface area contributed by atoms with Gasteiger partial charge in [-0.25, -0.2) is 4.90 Å². The van der Waals surface area contributed by atoms with Crippen molar-refractivity contribution in [3.63, 3.8) is 0 Å². The lowest BCUT2D eigenvalue weighted by Crippen LogP contribution is -2.32. The number of hydrogen-bond acceptors (Lipinski definition) is 4. The van der Waals surface area contributed by atoms with E-state index in [-0.39, 0.29) is 17.0 Å². The third-order valence-electron chi connectivity index (χ3n) is 4.80. The fraction of sp³-hybridized carbons (Fsp3) is 0.130. The summed E-state index contributed by atoms with van der Waals surface area (Å²) in [6.45, 7) is 3.84. The minimum absolute atomic E-state index is 0.0780. The maximum Gasteiger partial charge on any atom is 0.416 e. The second-order valence-corrected chi connectivity index (χ2v) is 8.17. The molecule has 0 fully saturated rings. The fourth-order valence-corrected chi connectivity index (χ4v) is 4.29.